The van der Waals surface area contributed by atoms with E-state index in [1.165, 1.54) is 59.2 Å². The zero-order valence-corrected chi connectivity index (χ0v) is 30.6. The Bertz CT molecular complexity index is 1250. The number of likely N-dealkylation sites (N-methyl/N-ethyl adjacent to an activating group) is 1. The summed E-state index contributed by atoms with van der Waals surface area (Å²) < 4.78 is 11.1. The number of Topliss-reactive ketones (excluding diaryl/α,β-unsaturated/α-hetero) is 1. The molecule has 2 fully saturated rings. The Hall–Kier alpha value is -3.21. The highest BCUT2D eigenvalue weighted by Crippen LogP contribution is 2.60. The number of hydrogen-bond donors (Lipinski definition) is 0. The van der Waals surface area contributed by atoms with Gasteiger partial charge in [-0.1, -0.05) is 90.7 Å². The van der Waals surface area contributed by atoms with Gasteiger partial charge in [0.15, 0.2) is 16.6 Å². The number of rotatable bonds is 20. The summed E-state index contributed by atoms with van der Waals surface area (Å²) in [6, 6.07) is 9.62. The van der Waals surface area contributed by atoms with Crippen LogP contribution in [0.15, 0.2) is 48.8 Å². The van der Waals surface area contributed by atoms with Gasteiger partial charge in [-0.25, -0.2) is 0 Å². The number of nitrogens with zero attached hydrogens (tertiary/aromatic N) is 5. The first-order valence-corrected chi connectivity index (χ1v) is 18.6. The Kier molecular flexibility index (Phi) is 14.7. The lowest BCUT2D eigenvalue weighted by atomic mass is 9.54. The summed E-state index contributed by atoms with van der Waals surface area (Å²) in [5.41, 5.74) is -2.25. The Morgan fingerprint density at radius 1 is 0.735 bits per heavy atom. The predicted octanol–water partition coefficient (Wildman–Crippen LogP) is 6.04. The number of pyridine rings is 2. The highest BCUT2D eigenvalue weighted by Gasteiger charge is 2.75. The smallest absolute Gasteiger partial charge is 0.322 e. The van der Waals surface area contributed by atoms with E-state index in [1.807, 2.05) is 36.4 Å². The molecular formula is C39H59N5O5. The van der Waals surface area contributed by atoms with Gasteiger partial charge < -0.3 is 14.4 Å². The number of aromatic nitrogens is 2. The number of ether oxygens (including phenoxy) is 2. The molecule has 4 unspecified atom stereocenters. The number of hydrogen-bond acceptors (Lipinski definition) is 10. The molecule has 0 saturated carbocycles. The highest BCUT2D eigenvalue weighted by atomic mass is 16.5. The predicted molar refractivity (Wildman–Crippen MR) is 191 cm³/mol. The Morgan fingerprint density at radius 3 is 1.61 bits per heavy atom. The van der Waals surface area contributed by atoms with Gasteiger partial charge in [-0.3, -0.25) is 34.2 Å². The maximum atomic E-state index is 15.4. The quantitative estimate of drug-likeness (QED) is 0.0936. The molecule has 0 N–H and O–H groups in total. The number of ketones is 1. The van der Waals surface area contributed by atoms with Crippen molar-refractivity contribution in [2.45, 2.75) is 97.1 Å². The highest BCUT2D eigenvalue weighted by molar-refractivity contribution is 6.17. The minimum absolute atomic E-state index is 0.114. The number of methoxy groups -OCH3 is 2. The van der Waals surface area contributed by atoms with E-state index in [9.17, 15) is 9.59 Å². The summed E-state index contributed by atoms with van der Waals surface area (Å²) in [5, 5.41) is 0. The molecule has 2 saturated heterocycles. The molecule has 49 heavy (non-hydrogen) atoms. The van der Waals surface area contributed by atoms with Crippen molar-refractivity contribution in [3.05, 3.63) is 60.2 Å². The molecule has 10 nitrogen and oxygen atoms in total. The Morgan fingerprint density at radius 2 is 1.20 bits per heavy atom. The summed E-state index contributed by atoms with van der Waals surface area (Å²) in [6.45, 7) is 10.3. The van der Waals surface area contributed by atoms with E-state index in [0.29, 0.717) is 24.5 Å². The minimum atomic E-state index is -1.72. The molecule has 10 heteroatoms. The van der Waals surface area contributed by atoms with Crippen LogP contribution in [0.4, 0.5) is 0 Å². The third kappa shape index (κ3) is 8.24. The van der Waals surface area contributed by atoms with Crippen molar-refractivity contribution in [2.75, 3.05) is 60.0 Å². The van der Waals surface area contributed by atoms with Gasteiger partial charge in [0.2, 0.25) is 0 Å². The molecule has 4 heterocycles. The van der Waals surface area contributed by atoms with Crippen LogP contribution in [0, 0.1) is 10.8 Å². The second-order valence-electron chi connectivity index (χ2n) is 13.7. The topological polar surface area (TPSA) is 105 Å². The lowest BCUT2D eigenvalue weighted by Gasteiger charge is -2.61. The molecule has 4 rings (SSSR count). The fourth-order valence-corrected chi connectivity index (χ4v) is 8.28. The maximum absolute atomic E-state index is 15.4. The SMILES string of the molecule is CCCCCCCCCCCCN1C(c2ccccn2)C2(C(=O)OC)CN(CCN(CC)CC)CC(C(=O)OC)(C2=O)C1c1ccccn1. The molecule has 2 bridgehead atoms. The average molecular weight is 678 g/mol. The minimum Gasteiger partial charge on any atom is -0.468 e. The second kappa shape index (κ2) is 18.7. The Labute approximate surface area is 293 Å². The molecule has 0 spiro atoms. The van der Waals surface area contributed by atoms with E-state index in [-0.39, 0.29) is 13.1 Å². The van der Waals surface area contributed by atoms with Crippen molar-refractivity contribution < 1.29 is 23.9 Å². The number of esters is 2. The molecule has 0 aliphatic carbocycles. The number of carbonyl (C=O) groups is 3. The number of fused-ring (bicyclic) bond motifs is 2. The standard InChI is InChI=1S/C39H59N5O5/c1-6-9-10-11-12-13-14-15-16-21-26-44-33(31-22-17-19-24-40-31)38(36(46)48-4)29-43(28-27-42(7-2)8-3)30-39(35(38)45,37(47)49-5)34(44)32-23-18-20-25-41-32/h17-20,22-25,33-34H,6-16,21,26-30H2,1-5H3. The molecule has 2 aliphatic heterocycles. The summed E-state index contributed by atoms with van der Waals surface area (Å²) in [6.07, 6.45) is 15.2. The summed E-state index contributed by atoms with van der Waals surface area (Å²) in [5.74, 6) is -1.77. The zero-order chi connectivity index (χ0) is 35.3. The average Bonchev–Trinajstić information content (AvgIpc) is 3.13. The van der Waals surface area contributed by atoms with E-state index in [0.717, 1.165) is 38.9 Å². The van der Waals surface area contributed by atoms with Crippen molar-refractivity contribution in [1.29, 1.82) is 0 Å². The van der Waals surface area contributed by atoms with Gasteiger partial charge in [0, 0.05) is 38.6 Å². The van der Waals surface area contributed by atoms with Gasteiger partial charge in [-0.2, -0.15) is 0 Å². The molecule has 4 atom stereocenters. The lowest BCUT2D eigenvalue weighted by Crippen LogP contribution is -2.76. The molecule has 0 amide bonds. The maximum Gasteiger partial charge on any atom is 0.322 e. The number of piperidine rings is 2. The summed E-state index contributed by atoms with van der Waals surface area (Å²) in [7, 11) is 2.65. The van der Waals surface area contributed by atoms with Crippen LogP contribution in [-0.4, -0.2) is 102 Å². The molecule has 0 aromatic carbocycles. The van der Waals surface area contributed by atoms with Crippen molar-refractivity contribution in [3.63, 3.8) is 0 Å². The third-order valence-corrected chi connectivity index (χ3v) is 10.8. The van der Waals surface area contributed by atoms with Crippen molar-refractivity contribution in [3.8, 4) is 0 Å². The van der Waals surface area contributed by atoms with Gasteiger partial charge in [0.1, 0.15) is 0 Å². The molecule has 2 aromatic heterocycles. The second-order valence-corrected chi connectivity index (χ2v) is 13.7. The lowest BCUT2D eigenvalue weighted by molar-refractivity contribution is -0.206. The van der Waals surface area contributed by atoms with Crippen molar-refractivity contribution >= 4 is 17.7 Å². The van der Waals surface area contributed by atoms with Gasteiger partial charge >= 0.3 is 11.9 Å². The number of likely N-dealkylation sites (tertiary alicyclic amines) is 2. The fourth-order valence-electron chi connectivity index (χ4n) is 8.28. The third-order valence-electron chi connectivity index (χ3n) is 10.8. The van der Waals surface area contributed by atoms with Crippen LogP contribution in [0.5, 0.6) is 0 Å². The van der Waals surface area contributed by atoms with E-state index in [4.69, 9.17) is 19.4 Å². The van der Waals surface area contributed by atoms with Crippen LogP contribution < -0.4 is 0 Å². The first kappa shape index (κ1) is 38.6. The zero-order valence-electron chi connectivity index (χ0n) is 30.6. The van der Waals surface area contributed by atoms with Gasteiger partial charge in [0.05, 0.1) is 37.7 Å². The molecule has 0 radical (unpaired) electrons. The largest absolute Gasteiger partial charge is 0.468 e. The summed E-state index contributed by atoms with van der Waals surface area (Å²) in [4.78, 5) is 60.2. The first-order chi connectivity index (χ1) is 23.8. The van der Waals surface area contributed by atoms with E-state index in [2.05, 4.69) is 35.5 Å². The first-order valence-electron chi connectivity index (χ1n) is 18.6. The van der Waals surface area contributed by atoms with Crippen LogP contribution >= 0.6 is 0 Å². The van der Waals surface area contributed by atoms with Crippen molar-refractivity contribution in [1.82, 2.24) is 24.7 Å². The van der Waals surface area contributed by atoms with Gasteiger partial charge in [-0.15, -0.1) is 0 Å². The molecule has 270 valence electrons. The number of carbonyl (C=O) groups excluding carboxylic acids is 3. The van der Waals surface area contributed by atoms with Crippen LogP contribution in [0.25, 0.3) is 0 Å². The van der Waals surface area contributed by atoms with E-state index in [1.54, 1.807) is 12.4 Å². The van der Waals surface area contributed by atoms with Crippen LogP contribution in [0.1, 0.15) is 108 Å². The monoisotopic (exact) mass is 677 g/mol. The van der Waals surface area contributed by atoms with Crippen molar-refractivity contribution in [2.24, 2.45) is 10.8 Å². The van der Waals surface area contributed by atoms with Crippen LogP contribution in [-0.2, 0) is 23.9 Å². The van der Waals surface area contributed by atoms with Gasteiger partial charge in [-0.05, 0) is 50.3 Å². The summed E-state index contributed by atoms with van der Waals surface area (Å²) >= 11 is 0. The Balaban J connectivity index is 1.81. The number of unbranched alkanes of at least 4 members (excludes halogenated alkanes) is 9. The molecule has 2 aromatic rings. The normalized spacial score (nSPS) is 24.2. The van der Waals surface area contributed by atoms with Crippen LogP contribution in [0.3, 0.4) is 0 Å². The van der Waals surface area contributed by atoms with Crippen LogP contribution in [0.2, 0.25) is 0 Å². The fraction of sp³-hybridized carbons (Fsp3) is 0.667. The van der Waals surface area contributed by atoms with Gasteiger partial charge in [0.25, 0.3) is 0 Å². The molecule has 2 aliphatic rings. The van der Waals surface area contributed by atoms with E-state index >= 15 is 4.79 Å². The van der Waals surface area contributed by atoms with E-state index < -0.39 is 40.6 Å². The molecular weight excluding hydrogens is 618 g/mol.